The largest absolute Gasteiger partial charge is 0.481 e. The predicted molar refractivity (Wildman–Crippen MR) is 92.7 cm³/mol. The average Bonchev–Trinajstić information content (AvgIpc) is 2.54. The van der Waals surface area contributed by atoms with Crippen LogP contribution < -0.4 is 10.1 Å². The zero-order valence-electron chi connectivity index (χ0n) is 13.1. The van der Waals surface area contributed by atoms with Gasteiger partial charge in [0.2, 0.25) is 0 Å². The van der Waals surface area contributed by atoms with Crippen LogP contribution in [0.4, 0.5) is 5.69 Å². The summed E-state index contributed by atoms with van der Waals surface area (Å²) in [5.41, 5.74) is 1.99. The van der Waals surface area contributed by atoms with E-state index < -0.39 is 6.10 Å². The highest BCUT2D eigenvalue weighted by atomic mass is 32.2. The van der Waals surface area contributed by atoms with Gasteiger partial charge in [0.25, 0.3) is 5.91 Å². The first-order chi connectivity index (χ1) is 10.6. The summed E-state index contributed by atoms with van der Waals surface area (Å²) < 4.78 is 5.81. The van der Waals surface area contributed by atoms with Crippen LogP contribution in [0.3, 0.4) is 0 Å². The number of carbonyl (C=O) groups excluding carboxylic acids is 1. The summed E-state index contributed by atoms with van der Waals surface area (Å²) in [5.74, 6) is 0.593. The fourth-order valence-corrected chi connectivity index (χ4v) is 2.62. The molecule has 3 nitrogen and oxygen atoms in total. The van der Waals surface area contributed by atoms with Gasteiger partial charge in [-0.1, -0.05) is 36.8 Å². The van der Waals surface area contributed by atoms with Crippen LogP contribution in [0.15, 0.2) is 53.4 Å². The third kappa shape index (κ3) is 4.28. The highest BCUT2D eigenvalue weighted by Gasteiger charge is 2.19. The van der Waals surface area contributed by atoms with E-state index in [1.54, 1.807) is 11.8 Å². The van der Waals surface area contributed by atoms with Gasteiger partial charge in [0.15, 0.2) is 6.10 Å². The van der Waals surface area contributed by atoms with Crippen molar-refractivity contribution in [3.8, 4) is 5.75 Å². The van der Waals surface area contributed by atoms with Gasteiger partial charge in [-0.25, -0.2) is 0 Å². The number of hydrogen-bond acceptors (Lipinski definition) is 3. The summed E-state index contributed by atoms with van der Waals surface area (Å²) in [6.07, 6.45) is 2.10. The minimum atomic E-state index is -0.502. The van der Waals surface area contributed by atoms with Gasteiger partial charge in [-0.05, 0) is 43.9 Å². The van der Waals surface area contributed by atoms with Gasteiger partial charge in [-0.2, -0.15) is 0 Å². The van der Waals surface area contributed by atoms with Crippen LogP contribution in [0, 0.1) is 6.92 Å². The second-order valence-corrected chi connectivity index (χ2v) is 5.87. The van der Waals surface area contributed by atoms with E-state index in [2.05, 4.69) is 5.32 Å². The summed E-state index contributed by atoms with van der Waals surface area (Å²) in [5, 5.41) is 2.96. The molecule has 0 fully saturated rings. The minimum Gasteiger partial charge on any atom is -0.481 e. The Balaban J connectivity index is 2.07. The molecule has 0 unspecified atom stereocenters. The molecule has 22 heavy (non-hydrogen) atoms. The number of carbonyl (C=O) groups is 1. The average molecular weight is 315 g/mol. The second kappa shape index (κ2) is 7.90. The van der Waals surface area contributed by atoms with Crippen molar-refractivity contribution in [2.75, 3.05) is 11.6 Å². The number of hydrogen-bond donors (Lipinski definition) is 1. The Morgan fingerprint density at radius 1 is 1.18 bits per heavy atom. The first kappa shape index (κ1) is 16.4. The normalized spacial score (nSPS) is 11.8. The number of nitrogens with one attached hydrogen (secondary N) is 1. The molecule has 2 aromatic carbocycles. The Morgan fingerprint density at radius 2 is 1.86 bits per heavy atom. The molecule has 0 spiro atoms. The molecule has 0 radical (unpaired) electrons. The molecule has 0 aliphatic heterocycles. The number of amides is 1. The Bertz CT molecular complexity index is 625. The van der Waals surface area contributed by atoms with Crippen LogP contribution >= 0.6 is 11.8 Å². The van der Waals surface area contributed by atoms with Gasteiger partial charge in [0.05, 0.1) is 5.69 Å². The number of benzene rings is 2. The maximum atomic E-state index is 12.4. The van der Waals surface area contributed by atoms with E-state index in [1.807, 2.05) is 68.6 Å². The van der Waals surface area contributed by atoms with Crippen LogP contribution in [0.25, 0.3) is 0 Å². The molecular weight excluding hydrogens is 294 g/mol. The summed E-state index contributed by atoms with van der Waals surface area (Å²) in [6, 6.07) is 15.5. The number of aryl methyl sites for hydroxylation is 1. The molecule has 0 heterocycles. The SMILES string of the molecule is CC[C@H](Oc1ccc(C)cc1)C(=O)Nc1ccccc1SC. The lowest BCUT2D eigenvalue weighted by molar-refractivity contribution is -0.122. The maximum Gasteiger partial charge on any atom is 0.265 e. The quantitative estimate of drug-likeness (QED) is 0.797. The Morgan fingerprint density at radius 3 is 2.50 bits per heavy atom. The summed E-state index contributed by atoms with van der Waals surface area (Å²) in [7, 11) is 0. The van der Waals surface area contributed by atoms with Crippen molar-refractivity contribution in [3.05, 3.63) is 54.1 Å². The molecule has 1 atom stereocenters. The molecule has 0 aromatic heterocycles. The van der Waals surface area contributed by atoms with Gasteiger partial charge in [-0.3, -0.25) is 4.79 Å². The summed E-state index contributed by atoms with van der Waals surface area (Å²) in [4.78, 5) is 13.5. The molecule has 2 aromatic rings. The van der Waals surface area contributed by atoms with E-state index in [-0.39, 0.29) is 5.91 Å². The zero-order chi connectivity index (χ0) is 15.9. The third-order valence-corrected chi connectivity index (χ3v) is 4.12. The van der Waals surface area contributed by atoms with E-state index in [1.165, 1.54) is 5.56 Å². The fraction of sp³-hybridized carbons (Fsp3) is 0.278. The lowest BCUT2D eigenvalue weighted by Gasteiger charge is -2.18. The first-order valence-corrected chi connectivity index (χ1v) is 8.53. The molecule has 0 saturated heterocycles. The first-order valence-electron chi connectivity index (χ1n) is 7.31. The van der Waals surface area contributed by atoms with Crippen molar-refractivity contribution in [1.82, 2.24) is 0 Å². The maximum absolute atomic E-state index is 12.4. The van der Waals surface area contributed by atoms with Gasteiger partial charge in [-0.15, -0.1) is 11.8 Å². The topological polar surface area (TPSA) is 38.3 Å². The van der Waals surface area contributed by atoms with Crippen molar-refractivity contribution in [2.45, 2.75) is 31.3 Å². The molecule has 1 N–H and O–H groups in total. The fourth-order valence-electron chi connectivity index (χ4n) is 2.06. The number of ether oxygens (including phenoxy) is 1. The number of para-hydroxylation sites is 1. The standard InChI is InChI=1S/C18H21NO2S/c1-4-16(21-14-11-9-13(2)10-12-14)18(20)19-15-7-5-6-8-17(15)22-3/h5-12,16H,4H2,1-3H3,(H,19,20)/t16-/m0/s1. The van der Waals surface area contributed by atoms with Gasteiger partial charge < -0.3 is 10.1 Å². The minimum absolute atomic E-state index is 0.121. The second-order valence-electron chi connectivity index (χ2n) is 5.02. The van der Waals surface area contributed by atoms with Crippen LogP contribution in [-0.2, 0) is 4.79 Å². The Hall–Kier alpha value is -1.94. The van der Waals surface area contributed by atoms with Crippen molar-refractivity contribution in [1.29, 1.82) is 0 Å². The number of rotatable bonds is 6. The molecule has 0 aliphatic rings. The third-order valence-electron chi connectivity index (χ3n) is 3.33. The van der Waals surface area contributed by atoms with E-state index in [4.69, 9.17) is 4.74 Å². The van der Waals surface area contributed by atoms with E-state index in [0.717, 1.165) is 10.6 Å². The zero-order valence-corrected chi connectivity index (χ0v) is 13.9. The lowest BCUT2D eigenvalue weighted by atomic mass is 10.2. The van der Waals surface area contributed by atoms with Gasteiger partial charge in [0.1, 0.15) is 5.75 Å². The summed E-state index contributed by atoms with van der Waals surface area (Å²) >= 11 is 1.61. The van der Waals surface area contributed by atoms with E-state index >= 15 is 0 Å². The predicted octanol–water partition coefficient (Wildman–Crippen LogP) is 4.51. The van der Waals surface area contributed by atoms with Gasteiger partial charge in [0, 0.05) is 4.90 Å². The number of thioether (sulfide) groups is 1. The van der Waals surface area contributed by atoms with Crippen LogP contribution in [0.2, 0.25) is 0 Å². The monoisotopic (exact) mass is 315 g/mol. The van der Waals surface area contributed by atoms with Crippen LogP contribution in [-0.4, -0.2) is 18.3 Å². The van der Waals surface area contributed by atoms with Crippen LogP contribution in [0.5, 0.6) is 5.75 Å². The van der Waals surface area contributed by atoms with Crippen molar-refractivity contribution >= 4 is 23.4 Å². The molecule has 116 valence electrons. The highest BCUT2D eigenvalue weighted by molar-refractivity contribution is 7.98. The molecular formula is C18H21NO2S. The summed E-state index contributed by atoms with van der Waals surface area (Å²) in [6.45, 7) is 3.96. The van der Waals surface area contributed by atoms with Crippen molar-refractivity contribution < 1.29 is 9.53 Å². The number of anilines is 1. The molecule has 0 aliphatic carbocycles. The van der Waals surface area contributed by atoms with Crippen molar-refractivity contribution in [2.24, 2.45) is 0 Å². The Labute approximate surface area is 136 Å². The molecule has 2 rings (SSSR count). The smallest absolute Gasteiger partial charge is 0.265 e. The molecule has 0 bridgehead atoms. The molecule has 0 saturated carbocycles. The van der Waals surface area contributed by atoms with E-state index in [0.29, 0.717) is 12.2 Å². The van der Waals surface area contributed by atoms with Crippen LogP contribution in [0.1, 0.15) is 18.9 Å². The molecule has 1 amide bonds. The highest BCUT2D eigenvalue weighted by Crippen LogP contribution is 2.25. The van der Waals surface area contributed by atoms with Gasteiger partial charge >= 0.3 is 0 Å². The lowest BCUT2D eigenvalue weighted by Crippen LogP contribution is -2.32. The molecule has 4 heteroatoms. The van der Waals surface area contributed by atoms with Crippen molar-refractivity contribution in [3.63, 3.8) is 0 Å². The Kier molecular flexibility index (Phi) is 5.90. The van der Waals surface area contributed by atoms with E-state index in [9.17, 15) is 4.79 Å².